The van der Waals surface area contributed by atoms with Crippen molar-refractivity contribution in [3.05, 3.63) is 144 Å². The minimum atomic E-state index is -0.369. The molecule has 0 heterocycles. The molecule has 0 unspecified atom stereocenters. The molecule has 0 saturated carbocycles. The lowest BCUT2D eigenvalue weighted by molar-refractivity contribution is 0.101. The van der Waals surface area contributed by atoms with E-state index in [2.05, 4.69) is 22.8 Å². The summed E-state index contributed by atoms with van der Waals surface area (Å²) in [4.78, 5) is 27.4. The Morgan fingerprint density at radius 2 is 0.857 bits per heavy atom. The molecule has 5 aromatic rings. The summed E-state index contributed by atoms with van der Waals surface area (Å²) < 4.78 is 0. The third-order valence-corrected chi connectivity index (χ3v) is 8.70. The highest BCUT2D eigenvalue weighted by Crippen LogP contribution is 2.35. The number of phenolic OH excluding ortho intramolecular Hbond substituents is 2. The van der Waals surface area contributed by atoms with Crippen molar-refractivity contribution in [1.29, 1.82) is 0 Å². The largest absolute Gasteiger partial charge is 0.507 e. The number of hydrogen-bond acceptors (Lipinski definition) is 6. The van der Waals surface area contributed by atoms with Gasteiger partial charge in [0.1, 0.15) is 11.5 Å². The van der Waals surface area contributed by atoms with E-state index in [-0.39, 0.29) is 34.4 Å². The number of phenols is 2. The predicted molar refractivity (Wildman–Crippen MR) is 171 cm³/mol. The molecular formula is C34H28N2O4S2. The second kappa shape index (κ2) is 13.8. The number of carbonyl (C=O) groups is 2. The fourth-order valence-electron chi connectivity index (χ4n) is 4.25. The molecule has 0 spiro atoms. The van der Waals surface area contributed by atoms with E-state index in [4.69, 9.17) is 0 Å². The van der Waals surface area contributed by atoms with Crippen LogP contribution in [0.5, 0.6) is 11.5 Å². The van der Waals surface area contributed by atoms with Crippen LogP contribution in [0.25, 0.3) is 0 Å². The molecule has 0 radical (unpaired) electrons. The van der Waals surface area contributed by atoms with Crippen molar-refractivity contribution in [1.82, 2.24) is 0 Å². The van der Waals surface area contributed by atoms with Crippen LogP contribution in [0.2, 0.25) is 0 Å². The summed E-state index contributed by atoms with van der Waals surface area (Å²) in [6.45, 7) is 0. The number of benzene rings is 5. The molecule has 0 aliphatic carbocycles. The van der Waals surface area contributed by atoms with Crippen molar-refractivity contribution in [2.75, 3.05) is 10.6 Å². The SMILES string of the molecule is O=C(Nc1ccccc1SCc1ccccc1CSc1ccccc1NC(=O)c1ccccc1O)c1ccccc1O. The normalized spacial score (nSPS) is 10.7. The van der Waals surface area contributed by atoms with Crippen LogP contribution in [-0.4, -0.2) is 22.0 Å². The zero-order valence-electron chi connectivity index (χ0n) is 22.5. The number of para-hydroxylation sites is 4. The van der Waals surface area contributed by atoms with Gasteiger partial charge >= 0.3 is 0 Å². The smallest absolute Gasteiger partial charge is 0.259 e. The monoisotopic (exact) mass is 592 g/mol. The minimum absolute atomic E-state index is 0.0640. The Bertz CT molecular complexity index is 1600. The lowest BCUT2D eigenvalue weighted by atomic mass is 10.1. The van der Waals surface area contributed by atoms with Crippen LogP contribution >= 0.6 is 23.5 Å². The van der Waals surface area contributed by atoms with Crippen LogP contribution in [0.3, 0.4) is 0 Å². The molecular weight excluding hydrogens is 565 g/mol. The number of carbonyl (C=O) groups excluding carboxylic acids is 2. The number of thioether (sulfide) groups is 2. The lowest BCUT2D eigenvalue weighted by Gasteiger charge is -2.14. The topological polar surface area (TPSA) is 98.7 Å². The molecule has 8 heteroatoms. The summed E-state index contributed by atoms with van der Waals surface area (Å²) in [6.07, 6.45) is 0. The summed E-state index contributed by atoms with van der Waals surface area (Å²) in [7, 11) is 0. The lowest BCUT2D eigenvalue weighted by Crippen LogP contribution is -2.12. The summed E-state index contributed by atoms with van der Waals surface area (Å²) in [5.74, 6) is 0.506. The zero-order valence-corrected chi connectivity index (χ0v) is 24.1. The van der Waals surface area contributed by atoms with E-state index in [0.717, 1.165) is 20.9 Å². The molecule has 0 bridgehead atoms. The van der Waals surface area contributed by atoms with Gasteiger partial charge in [-0.3, -0.25) is 9.59 Å². The van der Waals surface area contributed by atoms with Gasteiger partial charge in [0, 0.05) is 21.3 Å². The maximum absolute atomic E-state index is 12.8. The van der Waals surface area contributed by atoms with Crippen molar-refractivity contribution in [2.45, 2.75) is 21.3 Å². The van der Waals surface area contributed by atoms with Crippen LogP contribution in [-0.2, 0) is 11.5 Å². The van der Waals surface area contributed by atoms with Crippen LogP contribution in [0.1, 0.15) is 31.8 Å². The third-order valence-electron chi connectivity index (χ3n) is 6.45. The first-order valence-electron chi connectivity index (χ1n) is 13.2. The van der Waals surface area contributed by atoms with Crippen molar-refractivity contribution < 1.29 is 19.8 Å². The van der Waals surface area contributed by atoms with Crippen LogP contribution in [0, 0.1) is 0 Å². The number of nitrogens with one attached hydrogen (secondary N) is 2. The van der Waals surface area contributed by atoms with Crippen LogP contribution in [0.15, 0.2) is 131 Å². The Kier molecular flexibility index (Phi) is 9.48. The number of aromatic hydroxyl groups is 2. The Morgan fingerprint density at radius 1 is 0.500 bits per heavy atom. The maximum atomic E-state index is 12.8. The molecule has 0 saturated heterocycles. The predicted octanol–water partition coefficient (Wildman–Crippen LogP) is 8.19. The Hall–Kier alpha value is -4.66. The Balaban J connectivity index is 1.26. The van der Waals surface area contributed by atoms with Gasteiger partial charge in [-0.1, -0.05) is 72.8 Å². The minimum Gasteiger partial charge on any atom is -0.507 e. The van der Waals surface area contributed by atoms with Gasteiger partial charge in [0.15, 0.2) is 0 Å². The average Bonchev–Trinajstić information content (AvgIpc) is 3.01. The van der Waals surface area contributed by atoms with E-state index in [0.29, 0.717) is 22.9 Å². The number of hydrogen-bond donors (Lipinski definition) is 4. The first kappa shape index (κ1) is 28.9. The van der Waals surface area contributed by atoms with Crippen LogP contribution in [0.4, 0.5) is 11.4 Å². The van der Waals surface area contributed by atoms with E-state index < -0.39 is 0 Å². The number of anilines is 2. The molecule has 6 nitrogen and oxygen atoms in total. The van der Waals surface area contributed by atoms with Gasteiger partial charge in [-0.25, -0.2) is 0 Å². The number of amides is 2. The second-order valence-electron chi connectivity index (χ2n) is 9.28. The molecule has 42 heavy (non-hydrogen) atoms. The van der Waals surface area contributed by atoms with Crippen molar-refractivity contribution in [3.63, 3.8) is 0 Å². The van der Waals surface area contributed by atoms with Gasteiger partial charge in [0.25, 0.3) is 11.8 Å². The summed E-state index contributed by atoms with van der Waals surface area (Å²) >= 11 is 3.24. The first-order valence-corrected chi connectivity index (χ1v) is 15.2. The maximum Gasteiger partial charge on any atom is 0.259 e. The quantitative estimate of drug-likeness (QED) is 0.122. The number of rotatable bonds is 10. The molecule has 5 rings (SSSR count). The summed E-state index contributed by atoms with van der Waals surface area (Å²) in [6, 6.07) is 36.4. The highest BCUT2D eigenvalue weighted by molar-refractivity contribution is 7.99. The van der Waals surface area contributed by atoms with Crippen molar-refractivity contribution in [3.8, 4) is 11.5 Å². The Labute approximate surface area is 252 Å². The van der Waals surface area contributed by atoms with Crippen molar-refractivity contribution >= 4 is 46.7 Å². The molecule has 5 aromatic carbocycles. The highest BCUT2D eigenvalue weighted by Gasteiger charge is 2.15. The zero-order chi connectivity index (χ0) is 29.3. The second-order valence-corrected chi connectivity index (χ2v) is 11.3. The molecule has 0 aliphatic rings. The van der Waals surface area contributed by atoms with E-state index in [1.807, 2.05) is 60.7 Å². The fraction of sp³-hybridized carbons (Fsp3) is 0.0588. The third kappa shape index (κ3) is 7.15. The average molecular weight is 593 g/mol. The fourth-order valence-corrected chi connectivity index (χ4v) is 6.34. The molecule has 0 aliphatic heterocycles. The molecule has 4 N–H and O–H groups in total. The van der Waals surface area contributed by atoms with E-state index in [1.54, 1.807) is 59.9 Å². The van der Waals surface area contributed by atoms with Gasteiger partial charge in [-0.15, -0.1) is 23.5 Å². The van der Waals surface area contributed by atoms with Crippen LogP contribution < -0.4 is 10.6 Å². The van der Waals surface area contributed by atoms with Gasteiger partial charge in [-0.05, 0) is 59.7 Å². The molecule has 0 atom stereocenters. The molecule has 2 amide bonds. The van der Waals surface area contributed by atoms with Gasteiger partial charge in [-0.2, -0.15) is 0 Å². The Morgan fingerprint density at radius 3 is 1.29 bits per heavy atom. The van der Waals surface area contributed by atoms with E-state index in [9.17, 15) is 19.8 Å². The molecule has 0 aromatic heterocycles. The molecule has 0 fully saturated rings. The van der Waals surface area contributed by atoms with Gasteiger partial charge in [0.05, 0.1) is 22.5 Å². The van der Waals surface area contributed by atoms with Gasteiger partial charge < -0.3 is 20.8 Å². The summed E-state index contributed by atoms with van der Waals surface area (Å²) in [5, 5.41) is 26.0. The van der Waals surface area contributed by atoms with Gasteiger partial charge in [0.2, 0.25) is 0 Å². The summed E-state index contributed by atoms with van der Waals surface area (Å²) in [5.41, 5.74) is 4.11. The van der Waals surface area contributed by atoms with Crippen molar-refractivity contribution in [2.24, 2.45) is 0 Å². The highest BCUT2D eigenvalue weighted by atomic mass is 32.2. The van der Waals surface area contributed by atoms with E-state index >= 15 is 0 Å². The first-order chi connectivity index (χ1) is 20.5. The standard InChI is InChI=1S/C34H28N2O4S2/c37-29-17-7-3-13-25(29)33(39)35-27-15-5-9-19-31(27)41-21-23-11-1-2-12-24(23)22-42-32-20-10-6-16-28(32)36-34(40)26-14-4-8-18-30(26)38/h1-20,37-38H,21-22H2,(H,35,39)(H,36,40). The molecule has 210 valence electrons. The van der Waals surface area contributed by atoms with E-state index in [1.165, 1.54) is 12.1 Å².